The summed E-state index contributed by atoms with van der Waals surface area (Å²) in [5, 5.41) is 3.81. The molecule has 3 unspecified atom stereocenters. The molecule has 3 heteroatoms. The lowest BCUT2D eigenvalue weighted by Crippen LogP contribution is -2.38. The van der Waals surface area contributed by atoms with Gasteiger partial charge in [0.1, 0.15) is 0 Å². The summed E-state index contributed by atoms with van der Waals surface area (Å²) in [7, 11) is 0. The van der Waals surface area contributed by atoms with Gasteiger partial charge in [0.05, 0.1) is 6.33 Å². The van der Waals surface area contributed by atoms with Crippen LogP contribution in [-0.2, 0) is 6.54 Å². The summed E-state index contributed by atoms with van der Waals surface area (Å²) in [5.74, 6) is 0.987. The summed E-state index contributed by atoms with van der Waals surface area (Å²) in [6.45, 7) is 5.62. The van der Waals surface area contributed by atoms with Crippen molar-refractivity contribution in [1.29, 1.82) is 0 Å². The first-order valence-electron chi connectivity index (χ1n) is 7.99. The second kappa shape index (κ2) is 7.68. The van der Waals surface area contributed by atoms with Gasteiger partial charge in [0.25, 0.3) is 0 Å². The van der Waals surface area contributed by atoms with Crippen molar-refractivity contribution in [3.8, 4) is 0 Å². The molecule has 1 fully saturated rings. The number of hydrogen-bond donors (Lipinski definition) is 1. The minimum Gasteiger partial charge on any atom is -0.336 e. The Bertz CT molecular complexity index is 334. The second-order valence-electron chi connectivity index (χ2n) is 6.19. The maximum absolute atomic E-state index is 4.10. The van der Waals surface area contributed by atoms with Crippen LogP contribution in [-0.4, -0.2) is 21.6 Å². The summed E-state index contributed by atoms with van der Waals surface area (Å²) < 4.78 is 2.16. The van der Waals surface area contributed by atoms with Crippen LogP contribution in [0.15, 0.2) is 18.7 Å². The molecule has 108 valence electrons. The predicted octanol–water partition coefficient (Wildman–Crippen LogP) is 3.61. The van der Waals surface area contributed by atoms with Gasteiger partial charge >= 0.3 is 0 Å². The van der Waals surface area contributed by atoms with Gasteiger partial charge < -0.3 is 9.88 Å². The number of imidazole rings is 1. The first-order valence-corrected chi connectivity index (χ1v) is 7.99. The van der Waals surface area contributed by atoms with E-state index in [0.717, 1.165) is 18.5 Å². The second-order valence-corrected chi connectivity index (χ2v) is 6.19. The Morgan fingerprint density at radius 1 is 1.32 bits per heavy atom. The van der Waals surface area contributed by atoms with E-state index < -0.39 is 0 Å². The molecule has 1 heterocycles. The van der Waals surface area contributed by atoms with Gasteiger partial charge in [-0.3, -0.25) is 0 Å². The van der Waals surface area contributed by atoms with Crippen molar-refractivity contribution in [3.63, 3.8) is 0 Å². The van der Waals surface area contributed by atoms with Gasteiger partial charge in [-0.25, -0.2) is 4.98 Å². The molecule has 1 aliphatic carbocycles. The molecule has 1 N–H and O–H groups in total. The summed E-state index contributed by atoms with van der Waals surface area (Å²) in [4.78, 5) is 4.10. The van der Waals surface area contributed by atoms with E-state index in [1.807, 2.05) is 18.7 Å². The maximum Gasteiger partial charge on any atom is 0.0946 e. The van der Waals surface area contributed by atoms with Gasteiger partial charge in [-0.2, -0.15) is 0 Å². The fourth-order valence-corrected chi connectivity index (χ4v) is 3.41. The van der Waals surface area contributed by atoms with E-state index in [0.29, 0.717) is 6.04 Å². The van der Waals surface area contributed by atoms with Crippen LogP contribution in [0, 0.1) is 5.92 Å². The monoisotopic (exact) mass is 263 g/mol. The third kappa shape index (κ3) is 4.98. The molecular weight excluding hydrogens is 234 g/mol. The van der Waals surface area contributed by atoms with Crippen molar-refractivity contribution in [1.82, 2.24) is 14.9 Å². The third-order valence-corrected chi connectivity index (χ3v) is 4.35. The molecule has 19 heavy (non-hydrogen) atoms. The van der Waals surface area contributed by atoms with Gasteiger partial charge in [0.15, 0.2) is 0 Å². The Hall–Kier alpha value is -0.830. The van der Waals surface area contributed by atoms with E-state index in [1.165, 1.54) is 44.9 Å². The zero-order valence-electron chi connectivity index (χ0n) is 12.5. The van der Waals surface area contributed by atoms with Gasteiger partial charge in [0, 0.05) is 31.0 Å². The van der Waals surface area contributed by atoms with E-state index in [1.54, 1.807) is 0 Å². The molecule has 3 nitrogen and oxygen atoms in total. The number of nitrogens with zero attached hydrogens (tertiary/aromatic N) is 2. The molecule has 2 rings (SSSR count). The molecule has 3 atom stereocenters. The first kappa shape index (κ1) is 14.6. The van der Waals surface area contributed by atoms with Crippen molar-refractivity contribution in [2.75, 3.05) is 0 Å². The summed E-state index contributed by atoms with van der Waals surface area (Å²) in [5.41, 5.74) is 0. The van der Waals surface area contributed by atoms with Crippen LogP contribution in [0.25, 0.3) is 0 Å². The van der Waals surface area contributed by atoms with Crippen molar-refractivity contribution in [3.05, 3.63) is 18.7 Å². The maximum atomic E-state index is 4.10. The van der Waals surface area contributed by atoms with Crippen LogP contribution in [0.4, 0.5) is 0 Å². The zero-order chi connectivity index (χ0) is 13.5. The lowest BCUT2D eigenvalue weighted by molar-refractivity contribution is 0.369. The fourth-order valence-electron chi connectivity index (χ4n) is 3.41. The molecule has 0 aliphatic heterocycles. The van der Waals surface area contributed by atoms with E-state index in [9.17, 15) is 0 Å². The van der Waals surface area contributed by atoms with Gasteiger partial charge in [-0.15, -0.1) is 0 Å². The highest BCUT2D eigenvalue weighted by molar-refractivity contribution is 4.80. The smallest absolute Gasteiger partial charge is 0.0946 e. The number of hydrogen-bond acceptors (Lipinski definition) is 2. The van der Waals surface area contributed by atoms with E-state index in [4.69, 9.17) is 0 Å². The Kier molecular flexibility index (Phi) is 5.90. The fraction of sp³-hybridized carbons (Fsp3) is 0.812. The van der Waals surface area contributed by atoms with Crippen molar-refractivity contribution in [2.24, 2.45) is 5.92 Å². The molecule has 0 bridgehead atoms. The number of rotatable bonds is 6. The topological polar surface area (TPSA) is 29.9 Å². The highest BCUT2D eigenvalue weighted by Crippen LogP contribution is 2.26. The Morgan fingerprint density at radius 2 is 2.21 bits per heavy atom. The van der Waals surface area contributed by atoms with Crippen LogP contribution in [0.5, 0.6) is 0 Å². The molecule has 1 aromatic heterocycles. The quantitative estimate of drug-likeness (QED) is 0.795. The van der Waals surface area contributed by atoms with E-state index in [-0.39, 0.29) is 0 Å². The lowest BCUT2D eigenvalue weighted by Gasteiger charge is -2.22. The predicted molar refractivity (Wildman–Crippen MR) is 80.1 cm³/mol. The average Bonchev–Trinajstić information content (AvgIpc) is 2.78. The zero-order valence-corrected chi connectivity index (χ0v) is 12.5. The Morgan fingerprint density at radius 3 is 2.95 bits per heavy atom. The molecule has 0 saturated heterocycles. The summed E-state index contributed by atoms with van der Waals surface area (Å²) in [6.07, 6.45) is 15.6. The minimum atomic E-state index is 0.530. The Balaban J connectivity index is 1.73. The largest absolute Gasteiger partial charge is 0.336 e. The van der Waals surface area contributed by atoms with Crippen molar-refractivity contribution >= 4 is 0 Å². The number of nitrogens with one attached hydrogen (secondary N) is 1. The molecule has 1 aliphatic rings. The highest BCUT2D eigenvalue weighted by atomic mass is 15.1. The van der Waals surface area contributed by atoms with Crippen LogP contribution in [0.2, 0.25) is 0 Å². The van der Waals surface area contributed by atoms with Crippen LogP contribution in [0.3, 0.4) is 0 Å². The molecule has 0 spiro atoms. The van der Waals surface area contributed by atoms with E-state index in [2.05, 4.69) is 28.7 Å². The molecule has 1 saturated carbocycles. The van der Waals surface area contributed by atoms with Crippen LogP contribution < -0.4 is 5.32 Å². The van der Waals surface area contributed by atoms with Gasteiger partial charge in [-0.05, 0) is 32.1 Å². The summed E-state index contributed by atoms with van der Waals surface area (Å²) in [6, 6.07) is 1.25. The number of aromatic nitrogens is 2. The summed E-state index contributed by atoms with van der Waals surface area (Å²) >= 11 is 0. The van der Waals surface area contributed by atoms with Crippen LogP contribution >= 0.6 is 0 Å². The normalized spacial score (nSPS) is 26.0. The highest BCUT2D eigenvalue weighted by Gasteiger charge is 2.19. The molecule has 1 aromatic rings. The molecular formula is C16H29N3. The molecule has 0 amide bonds. The van der Waals surface area contributed by atoms with Gasteiger partial charge in [-0.1, -0.05) is 32.6 Å². The Labute approximate surface area is 117 Å². The van der Waals surface area contributed by atoms with Crippen molar-refractivity contribution < 1.29 is 0 Å². The first-order chi connectivity index (χ1) is 9.28. The third-order valence-electron chi connectivity index (χ3n) is 4.35. The SMILES string of the molecule is CCCC1CCCC(NC(C)Cn2ccnc2)CC1. The molecule has 0 radical (unpaired) electrons. The van der Waals surface area contributed by atoms with Crippen molar-refractivity contribution in [2.45, 2.75) is 77.4 Å². The van der Waals surface area contributed by atoms with Gasteiger partial charge in [0.2, 0.25) is 0 Å². The minimum absolute atomic E-state index is 0.530. The molecule has 0 aromatic carbocycles. The van der Waals surface area contributed by atoms with E-state index >= 15 is 0 Å². The average molecular weight is 263 g/mol. The lowest BCUT2D eigenvalue weighted by atomic mass is 9.95. The standard InChI is InChI=1S/C16H29N3/c1-3-5-15-6-4-7-16(9-8-15)18-14(2)12-19-11-10-17-13-19/h10-11,13-16,18H,3-9,12H2,1-2H3. The van der Waals surface area contributed by atoms with Crippen LogP contribution in [0.1, 0.15) is 58.8 Å².